The van der Waals surface area contributed by atoms with Gasteiger partial charge >= 0.3 is 0 Å². The lowest BCUT2D eigenvalue weighted by atomic mass is 10.3. The molecule has 72 valence electrons. The molecule has 2 aromatic rings. The van der Waals surface area contributed by atoms with E-state index in [1.807, 2.05) is 6.07 Å². The number of fused-ring (bicyclic) bond motifs is 1. The highest BCUT2D eigenvalue weighted by Gasteiger charge is 2.22. The minimum absolute atomic E-state index is 0.1000. The van der Waals surface area contributed by atoms with E-state index in [9.17, 15) is 4.79 Å². The molecular weight excluding hydrogens is 178 g/mol. The molecule has 1 N–H and O–H groups in total. The Labute approximate surface area is 80.6 Å². The number of nitrogens with zero attached hydrogens (tertiary/aromatic N) is 2. The first kappa shape index (κ1) is 7.79. The molecule has 14 heavy (non-hydrogen) atoms. The van der Waals surface area contributed by atoms with Gasteiger partial charge in [0.1, 0.15) is 0 Å². The number of aromatic nitrogens is 3. The molecular formula is C10H11N3O. The maximum atomic E-state index is 11.4. The lowest BCUT2D eigenvalue weighted by Crippen LogP contribution is -2.05. The van der Waals surface area contributed by atoms with Gasteiger partial charge in [-0.05, 0) is 24.8 Å². The van der Waals surface area contributed by atoms with Crippen molar-refractivity contribution < 1.29 is 0 Å². The Hall–Kier alpha value is -1.58. The normalized spacial score (nSPS) is 16.3. The number of rotatable bonds is 2. The fourth-order valence-electron chi connectivity index (χ4n) is 1.73. The first-order valence-corrected chi connectivity index (χ1v) is 4.87. The summed E-state index contributed by atoms with van der Waals surface area (Å²) in [5.41, 5.74) is 1.39. The van der Waals surface area contributed by atoms with Crippen molar-refractivity contribution in [2.45, 2.75) is 19.4 Å². The number of hydrogen-bond acceptors (Lipinski definition) is 2. The largest absolute Gasteiger partial charge is 0.330 e. The van der Waals surface area contributed by atoms with Gasteiger partial charge in [-0.1, -0.05) is 0 Å². The van der Waals surface area contributed by atoms with Gasteiger partial charge in [-0.3, -0.25) is 4.79 Å². The van der Waals surface area contributed by atoms with E-state index in [0.717, 1.165) is 18.0 Å². The van der Waals surface area contributed by atoms with E-state index in [1.165, 1.54) is 12.8 Å². The summed E-state index contributed by atoms with van der Waals surface area (Å²) in [5.74, 6) is 0.798. The minimum atomic E-state index is -0.1000. The Morgan fingerprint density at radius 2 is 2.43 bits per heavy atom. The van der Waals surface area contributed by atoms with Crippen LogP contribution in [0, 0.1) is 5.92 Å². The van der Waals surface area contributed by atoms with E-state index >= 15 is 0 Å². The van der Waals surface area contributed by atoms with Crippen molar-refractivity contribution in [3.8, 4) is 0 Å². The van der Waals surface area contributed by atoms with Crippen molar-refractivity contribution in [2.24, 2.45) is 5.92 Å². The molecule has 1 aliphatic rings. The van der Waals surface area contributed by atoms with Crippen molar-refractivity contribution in [1.82, 2.24) is 14.5 Å². The second kappa shape index (κ2) is 2.70. The van der Waals surface area contributed by atoms with Crippen molar-refractivity contribution in [2.75, 3.05) is 0 Å². The molecule has 0 aliphatic heterocycles. The summed E-state index contributed by atoms with van der Waals surface area (Å²) < 4.78 is 2.07. The van der Waals surface area contributed by atoms with Crippen LogP contribution in [0.25, 0.3) is 11.0 Å². The van der Waals surface area contributed by atoms with E-state index in [0.29, 0.717) is 5.52 Å². The molecule has 3 rings (SSSR count). The fourth-order valence-corrected chi connectivity index (χ4v) is 1.73. The number of H-pyrrole nitrogens is 1. The topological polar surface area (TPSA) is 50.7 Å². The summed E-state index contributed by atoms with van der Waals surface area (Å²) in [6.07, 6.45) is 6.06. The molecule has 2 aromatic heterocycles. The lowest BCUT2D eigenvalue weighted by Gasteiger charge is -2.00. The van der Waals surface area contributed by atoms with Crippen molar-refractivity contribution in [3.63, 3.8) is 0 Å². The van der Waals surface area contributed by atoms with E-state index in [2.05, 4.69) is 14.5 Å². The molecule has 0 saturated heterocycles. The van der Waals surface area contributed by atoms with E-state index in [1.54, 1.807) is 12.5 Å². The summed E-state index contributed by atoms with van der Waals surface area (Å²) >= 11 is 0. The predicted molar refractivity (Wildman–Crippen MR) is 53.1 cm³/mol. The lowest BCUT2D eigenvalue weighted by molar-refractivity contribution is 0.642. The molecule has 0 radical (unpaired) electrons. The van der Waals surface area contributed by atoms with Gasteiger partial charge in [0.2, 0.25) is 0 Å². The van der Waals surface area contributed by atoms with E-state index in [-0.39, 0.29) is 5.56 Å². The van der Waals surface area contributed by atoms with Crippen molar-refractivity contribution in [3.05, 3.63) is 28.9 Å². The zero-order valence-electron chi connectivity index (χ0n) is 7.73. The van der Waals surface area contributed by atoms with Crippen molar-refractivity contribution >= 4 is 11.0 Å². The van der Waals surface area contributed by atoms with Crippen LogP contribution in [0.15, 0.2) is 23.4 Å². The molecule has 0 unspecified atom stereocenters. The van der Waals surface area contributed by atoms with Gasteiger partial charge in [-0.15, -0.1) is 0 Å². The third-order valence-electron chi connectivity index (χ3n) is 2.70. The van der Waals surface area contributed by atoms with E-state index in [4.69, 9.17) is 0 Å². The molecule has 1 saturated carbocycles. The van der Waals surface area contributed by atoms with Gasteiger partial charge in [0.15, 0.2) is 5.52 Å². The quantitative estimate of drug-likeness (QED) is 0.770. The highest BCUT2D eigenvalue weighted by molar-refractivity contribution is 5.73. The van der Waals surface area contributed by atoms with Crippen LogP contribution in [0.4, 0.5) is 0 Å². The molecule has 0 amide bonds. The van der Waals surface area contributed by atoms with Gasteiger partial charge < -0.3 is 9.55 Å². The average Bonchev–Trinajstić information content (AvgIpc) is 2.88. The molecule has 1 fully saturated rings. The van der Waals surface area contributed by atoms with Crippen LogP contribution in [0.2, 0.25) is 0 Å². The first-order valence-electron chi connectivity index (χ1n) is 4.87. The summed E-state index contributed by atoms with van der Waals surface area (Å²) in [6, 6.07) is 1.91. The SMILES string of the molecule is O=c1[nH]ccc2c1ncn2CC1CC1. The molecule has 1 aliphatic carbocycles. The second-order valence-electron chi connectivity index (χ2n) is 3.88. The fraction of sp³-hybridized carbons (Fsp3) is 0.400. The number of aromatic amines is 1. The van der Waals surface area contributed by atoms with Crippen LogP contribution in [0.3, 0.4) is 0 Å². The smallest absolute Gasteiger partial charge is 0.276 e. The Morgan fingerprint density at radius 1 is 1.57 bits per heavy atom. The zero-order chi connectivity index (χ0) is 9.54. The van der Waals surface area contributed by atoms with Gasteiger partial charge in [-0.25, -0.2) is 4.98 Å². The van der Waals surface area contributed by atoms with Gasteiger partial charge in [0, 0.05) is 12.7 Å². The van der Waals surface area contributed by atoms with Crippen LogP contribution in [-0.2, 0) is 6.54 Å². The minimum Gasteiger partial charge on any atom is -0.330 e. The maximum Gasteiger partial charge on any atom is 0.276 e. The highest BCUT2D eigenvalue weighted by Crippen LogP contribution is 2.31. The number of imidazole rings is 1. The molecule has 0 spiro atoms. The van der Waals surface area contributed by atoms with Crippen LogP contribution < -0.4 is 5.56 Å². The van der Waals surface area contributed by atoms with Crippen LogP contribution >= 0.6 is 0 Å². The molecule has 4 heteroatoms. The molecule has 2 heterocycles. The van der Waals surface area contributed by atoms with Crippen LogP contribution in [0.5, 0.6) is 0 Å². The average molecular weight is 189 g/mol. The maximum absolute atomic E-state index is 11.4. The number of nitrogens with one attached hydrogen (secondary N) is 1. The van der Waals surface area contributed by atoms with Gasteiger partial charge in [0.05, 0.1) is 11.8 Å². The summed E-state index contributed by atoms with van der Waals surface area (Å²) in [6.45, 7) is 1.000. The third kappa shape index (κ3) is 1.14. The Morgan fingerprint density at radius 3 is 3.21 bits per heavy atom. The standard InChI is InChI=1S/C10H11N3O/c14-10-9-8(3-4-11-10)13(6-12-9)5-7-1-2-7/h3-4,6-7H,1-2,5H2,(H,11,14). The molecule has 4 nitrogen and oxygen atoms in total. The number of hydrogen-bond donors (Lipinski definition) is 1. The molecule has 0 aromatic carbocycles. The molecule has 0 bridgehead atoms. The number of pyridine rings is 1. The van der Waals surface area contributed by atoms with Crippen LogP contribution in [-0.4, -0.2) is 14.5 Å². The van der Waals surface area contributed by atoms with Crippen LogP contribution in [0.1, 0.15) is 12.8 Å². The van der Waals surface area contributed by atoms with Gasteiger partial charge in [-0.2, -0.15) is 0 Å². The molecule has 0 atom stereocenters. The summed E-state index contributed by atoms with van der Waals surface area (Å²) in [5, 5.41) is 0. The second-order valence-corrected chi connectivity index (χ2v) is 3.88. The van der Waals surface area contributed by atoms with Gasteiger partial charge in [0.25, 0.3) is 5.56 Å². The first-order chi connectivity index (χ1) is 6.84. The Bertz CT molecular complexity index is 521. The monoisotopic (exact) mass is 189 g/mol. The zero-order valence-corrected chi connectivity index (χ0v) is 7.73. The van der Waals surface area contributed by atoms with Crippen molar-refractivity contribution in [1.29, 1.82) is 0 Å². The summed E-state index contributed by atoms with van der Waals surface area (Å²) in [7, 11) is 0. The predicted octanol–water partition coefficient (Wildman–Crippen LogP) is 1.13. The Balaban J connectivity index is 2.15. The Kier molecular flexibility index (Phi) is 1.50. The van der Waals surface area contributed by atoms with E-state index < -0.39 is 0 Å². The third-order valence-corrected chi connectivity index (χ3v) is 2.70. The summed E-state index contributed by atoms with van der Waals surface area (Å²) in [4.78, 5) is 18.1. The highest BCUT2D eigenvalue weighted by atomic mass is 16.1.